The average Bonchev–Trinajstić information content (AvgIpc) is 3.53. The first-order valence-electron chi connectivity index (χ1n) is 16.3. The molecule has 256 valence electrons. The number of unbranched alkanes of at least 4 members (excludes halogenated alkanes) is 3. The molecule has 0 saturated carbocycles. The summed E-state index contributed by atoms with van der Waals surface area (Å²) in [6, 6.07) is 28.1. The van der Waals surface area contributed by atoms with Crippen molar-refractivity contribution in [3.05, 3.63) is 134 Å². The van der Waals surface area contributed by atoms with Crippen LogP contribution in [0, 0.1) is 6.92 Å². The first-order chi connectivity index (χ1) is 23.5. The fraction of sp³-hybridized carbons (Fsp3) is 0.405. The molecule has 1 aliphatic heterocycles. The highest BCUT2D eigenvalue weighted by molar-refractivity contribution is 8.76. The lowest BCUT2D eigenvalue weighted by atomic mass is 9.80. The molecule has 0 bridgehead atoms. The maximum atomic E-state index is 12.9. The number of ether oxygens (including phenoxy) is 4. The lowest BCUT2D eigenvalue weighted by Gasteiger charge is -2.37. The van der Waals surface area contributed by atoms with Crippen molar-refractivity contribution in [3.63, 3.8) is 0 Å². The Labute approximate surface area is 289 Å². The van der Waals surface area contributed by atoms with E-state index in [0.717, 1.165) is 53.9 Å². The number of nitrogens with one attached hydrogen (secondary N) is 1. The Morgan fingerprint density at radius 3 is 2.19 bits per heavy atom. The van der Waals surface area contributed by atoms with Crippen molar-refractivity contribution < 1.29 is 24.1 Å². The summed E-state index contributed by atoms with van der Waals surface area (Å²) in [4.78, 5) is 27.4. The van der Waals surface area contributed by atoms with Gasteiger partial charge in [-0.2, -0.15) is 0 Å². The van der Waals surface area contributed by atoms with Crippen molar-refractivity contribution >= 4 is 21.6 Å². The summed E-state index contributed by atoms with van der Waals surface area (Å²) in [5.74, 6) is 2.19. The minimum atomic E-state index is -0.993. The predicted octanol–water partition coefficient (Wildman–Crippen LogP) is 6.43. The third-order valence-electron chi connectivity index (χ3n) is 8.51. The quantitative estimate of drug-likeness (QED) is 0.0528. The van der Waals surface area contributed by atoms with E-state index in [1.54, 1.807) is 41.8 Å². The second-order valence-corrected chi connectivity index (χ2v) is 14.2. The number of H-pyrrole nitrogens is 1. The highest BCUT2D eigenvalue weighted by Crippen LogP contribution is 2.42. The first kappa shape index (κ1) is 36.0. The molecule has 0 unspecified atom stereocenters. The van der Waals surface area contributed by atoms with Gasteiger partial charge in [-0.3, -0.25) is 14.3 Å². The number of methoxy groups -OCH3 is 1. The van der Waals surface area contributed by atoms with Gasteiger partial charge in [-0.25, -0.2) is 4.79 Å². The van der Waals surface area contributed by atoms with Crippen LogP contribution < -0.4 is 16.0 Å². The molecule has 0 aliphatic carbocycles. The summed E-state index contributed by atoms with van der Waals surface area (Å²) in [7, 11) is 5.06. The molecule has 3 atom stereocenters. The van der Waals surface area contributed by atoms with E-state index in [1.165, 1.54) is 4.57 Å². The number of aryl methyl sites for hydroxylation is 1. The topological polar surface area (TPSA) is 112 Å². The SMILES string of the molecule is COc1ccc(C(OC[C@H]2O[C@@H](n3cc(C)c(=O)[nH]c3=O)C[C@@H]2OCSSCCCCCCO)(c2ccccc2)c2ccccc2)cc1. The normalized spacial score (nSPS) is 17.9. The van der Waals surface area contributed by atoms with E-state index < -0.39 is 29.2 Å². The van der Waals surface area contributed by atoms with E-state index in [2.05, 4.69) is 29.2 Å². The summed E-state index contributed by atoms with van der Waals surface area (Å²) in [5.41, 5.74) is 1.31. The van der Waals surface area contributed by atoms with Gasteiger partial charge in [-0.05, 0) is 48.6 Å². The van der Waals surface area contributed by atoms with E-state index in [9.17, 15) is 9.59 Å². The van der Waals surface area contributed by atoms with E-state index in [0.29, 0.717) is 17.9 Å². The Morgan fingerprint density at radius 2 is 1.54 bits per heavy atom. The van der Waals surface area contributed by atoms with Crippen molar-refractivity contribution in [1.29, 1.82) is 0 Å². The number of aliphatic hydroxyl groups excluding tert-OH is 1. The van der Waals surface area contributed by atoms with Crippen LogP contribution in [0.1, 0.15) is 60.6 Å². The minimum absolute atomic E-state index is 0.163. The third kappa shape index (κ3) is 8.82. The summed E-state index contributed by atoms with van der Waals surface area (Å²) in [6.07, 6.45) is 4.51. The highest BCUT2D eigenvalue weighted by Gasteiger charge is 2.43. The number of rotatable bonds is 18. The fourth-order valence-electron chi connectivity index (χ4n) is 5.96. The zero-order chi connectivity index (χ0) is 33.8. The van der Waals surface area contributed by atoms with Crippen LogP contribution in [0.3, 0.4) is 0 Å². The molecule has 1 fully saturated rings. The van der Waals surface area contributed by atoms with Crippen LogP contribution in [0.2, 0.25) is 0 Å². The molecule has 0 spiro atoms. The molecule has 4 aromatic rings. The Kier molecular flexibility index (Phi) is 13.4. The van der Waals surface area contributed by atoms with Gasteiger partial charge in [0.2, 0.25) is 0 Å². The molecule has 0 radical (unpaired) electrons. The van der Waals surface area contributed by atoms with Crippen LogP contribution in [0.15, 0.2) is 101 Å². The maximum Gasteiger partial charge on any atom is 0.330 e. The van der Waals surface area contributed by atoms with Gasteiger partial charge in [-0.1, -0.05) is 107 Å². The monoisotopic (exact) mass is 692 g/mol. The number of aliphatic hydroxyl groups is 1. The third-order valence-corrected chi connectivity index (χ3v) is 10.7. The number of aromatic amines is 1. The van der Waals surface area contributed by atoms with Gasteiger partial charge in [0.25, 0.3) is 5.56 Å². The Bertz CT molecular complexity index is 1630. The average molecular weight is 693 g/mol. The highest BCUT2D eigenvalue weighted by atomic mass is 33.1. The molecule has 5 rings (SSSR count). The van der Waals surface area contributed by atoms with Crippen LogP contribution in [-0.4, -0.2) is 58.9 Å². The molecule has 1 saturated heterocycles. The van der Waals surface area contributed by atoms with E-state index in [1.807, 2.05) is 60.7 Å². The Balaban J connectivity index is 1.41. The lowest BCUT2D eigenvalue weighted by molar-refractivity contribution is -0.100. The van der Waals surface area contributed by atoms with Crippen molar-refractivity contribution in [1.82, 2.24) is 9.55 Å². The summed E-state index contributed by atoms with van der Waals surface area (Å²) in [5, 5.41) is 8.99. The number of nitrogens with zero attached hydrogens (tertiary/aromatic N) is 1. The largest absolute Gasteiger partial charge is 0.497 e. The van der Waals surface area contributed by atoms with Gasteiger partial charge in [0.05, 0.1) is 19.8 Å². The van der Waals surface area contributed by atoms with Gasteiger partial charge in [-0.15, -0.1) is 0 Å². The van der Waals surface area contributed by atoms with Crippen molar-refractivity contribution in [2.75, 3.05) is 32.0 Å². The second kappa shape index (κ2) is 17.9. The molecule has 1 aromatic heterocycles. The molecular weight excluding hydrogens is 649 g/mol. The smallest absolute Gasteiger partial charge is 0.330 e. The number of hydrogen-bond acceptors (Lipinski definition) is 9. The fourth-order valence-corrected chi connectivity index (χ4v) is 7.78. The maximum absolute atomic E-state index is 12.9. The molecule has 1 aliphatic rings. The molecule has 9 nitrogen and oxygen atoms in total. The summed E-state index contributed by atoms with van der Waals surface area (Å²) >= 11 is 0. The van der Waals surface area contributed by atoms with E-state index in [-0.39, 0.29) is 19.3 Å². The predicted molar refractivity (Wildman–Crippen MR) is 192 cm³/mol. The van der Waals surface area contributed by atoms with E-state index in [4.69, 9.17) is 24.1 Å². The van der Waals surface area contributed by atoms with Crippen LogP contribution in [0.25, 0.3) is 0 Å². The standard InChI is InChI=1S/C37H44N2O7S2/c1-27-24-39(36(42)38-35(27)41)34-23-32(44-26-48-47-22-12-4-3-11-21-40)33(46-34)25-45-37(28-13-7-5-8-14-28,29-15-9-6-10-16-29)30-17-19-31(43-2)20-18-30/h5-10,13-20,24,32-34,40H,3-4,11-12,21-23,25-26H2,1-2H3,(H,38,41,42)/t32-,33+,34+/m0/s1. The minimum Gasteiger partial charge on any atom is -0.497 e. The van der Waals surface area contributed by atoms with Crippen LogP contribution in [0.4, 0.5) is 0 Å². The van der Waals surface area contributed by atoms with Gasteiger partial charge in [0.15, 0.2) is 0 Å². The van der Waals surface area contributed by atoms with Gasteiger partial charge < -0.3 is 24.1 Å². The molecule has 3 aromatic carbocycles. The second-order valence-electron chi connectivity index (χ2n) is 11.7. The molecule has 0 amide bonds. The molecule has 2 heterocycles. The Hall–Kier alpha value is -3.32. The number of aromatic nitrogens is 2. The van der Waals surface area contributed by atoms with Crippen LogP contribution in [0.5, 0.6) is 5.75 Å². The molecular formula is C37H44N2O7S2. The van der Waals surface area contributed by atoms with Crippen LogP contribution >= 0.6 is 21.6 Å². The van der Waals surface area contributed by atoms with Gasteiger partial charge in [0, 0.05) is 30.5 Å². The number of benzene rings is 3. The summed E-state index contributed by atoms with van der Waals surface area (Å²) < 4.78 is 27.0. The van der Waals surface area contributed by atoms with Crippen molar-refractivity contribution in [3.8, 4) is 5.75 Å². The molecule has 48 heavy (non-hydrogen) atoms. The first-order valence-corrected chi connectivity index (χ1v) is 18.8. The van der Waals surface area contributed by atoms with Crippen molar-refractivity contribution in [2.45, 2.75) is 63.1 Å². The van der Waals surface area contributed by atoms with Crippen LogP contribution in [-0.2, 0) is 19.8 Å². The zero-order valence-electron chi connectivity index (χ0n) is 27.4. The molecule has 2 N–H and O–H groups in total. The zero-order valence-corrected chi connectivity index (χ0v) is 29.0. The lowest BCUT2D eigenvalue weighted by Crippen LogP contribution is -2.38. The Morgan fingerprint density at radius 1 is 0.896 bits per heavy atom. The van der Waals surface area contributed by atoms with Gasteiger partial charge in [0.1, 0.15) is 29.6 Å². The van der Waals surface area contributed by atoms with Gasteiger partial charge >= 0.3 is 5.69 Å². The molecule has 11 heteroatoms. The van der Waals surface area contributed by atoms with E-state index >= 15 is 0 Å². The summed E-state index contributed by atoms with van der Waals surface area (Å²) in [6.45, 7) is 2.07. The van der Waals surface area contributed by atoms with Crippen molar-refractivity contribution in [2.24, 2.45) is 0 Å². The number of hydrogen-bond donors (Lipinski definition) is 2.